The number of hydrogen-bond acceptors (Lipinski definition) is 6. The molecule has 0 bridgehead atoms. The van der Waals surface area contributed by atoms with Crippen LogP contribution in [0.15, 0.2) is 58.3 Å². The maximum Gasteiger partial charge on any atom is 0.265 e. The number of aryl methyl sites for hydroxylation is 1. The van der Waals surface area contributed by atoms with Crippen LogP contribution < -0.4 is 9.64 Å². The van der Waals surface area contributed by atoms with Crippen LogP contribution in [0.25, 0.3) is 22.2 Å². The number of carbonyl (C=O) groups is 2. The molecule has 4 aromatic rings. The third-order valence-electron chi connectivity index (χ3n) is 5.22. The van der Waals surface area contributed by atoms with Crippen LogP contribution in [0.4, 0.5) is 5.69 Å². The van der Waals surface area contributed by atoms with E-state index >= 15 is 0 Å². The minimum Gasteiger partial charge on any atom is -0.482 e. The third-order valence-corrected chi connectivity index (χ3v) is 6.12. The van der Waals surface area contributed by atoms with Crippen molar-refractivity contribution in [3.05, 3.63) is 64.7 Å². The van der Waals surface area contributed by atoms with Gasteiger partial charge in [-0.25, -0.2) is 4.98 Å². The van der Waals surface area contributed by atoms with Gasteiger partial charge in [-0.2, -0.15) is 0 Å². The molecule has 0 saturated heterocycles. The number of carbonyl (C=O) groups excluding carboxylic acids is 2. The lowest BCUT2D eigenvalue weighted by Crippen LogP contribution is -2.42. The monoisotopic (exact) mass is 432 g/mol. The molecule has 0 unspecified atom stereocenters. The summed E-state index contributed by atoms with van der Waals surface area (Å²) < 4.78 is 11.3. The molecular formula is C24H20N2O4S. The zero-order valence-electron chi connectivity index (χ0n) is 17.0. The lowest BCUT2D eigenvalue weighted by Gasteiger charge is -2.29. The van der Waals surface area contributed by atoms with Crippen LogP contribution in [-0.2, 0) is 11.2 Å². The molecule has 0 saturated carbocycles. The van der Waals surface area contributed by atoms with Crippen molar-refractivity contribution >= 4 is 39.7 Å². The Hall–Kier alpha value is -3.45. The van der Waals surface area contributed by atoms with Crippen molar-refractivity contribution in [2.45, 2.75) is 19.8 Å². The maximum absolute atomic E-state index is 12.9. The third kappa shape index (κ3) is 3.72. The highest BCUT2D eigenvalue weighted by atomic mass is 32.1. The van der Waals surface area contributed by atoms with Gasteiger partial charge in [-0.1, -0.05) is 25.1 Å². The van der Waals surface area contributed by atoms with E-state index in [1.807, 2.05) is 47.8 Å². The molecule has 5 rings (SSSR count). The Bertz CT molecular complexity index is 1260. The van der Waals surface area contributed by atoms with Crippen molar-refractivity contribution in [1.29, 1.82) is 0 Å². The van der Waals surface area contributed by atoms with Crippen molar-refractivity contribution < 1.29 is 18.7 Å². The number of amides is 1. The van der Waals surface area contributed by atoms with E-state index in [1.54, 1.807) is 17.4 Å². The van der Waals surface area contributed by atoms with Crippen LogP contribution >= 0.6 is 11.3 Å². The second kappa shape index (κ2) is 8.00. The van der Waals surface area contributed by atoms with Gasteiger partial charge in [0.2, 0.25) is 5.78 Å². The fourth-order valence-corrected chi connectivity index (χ4v) is 4.56. The Morgan fingerprint density at radius 2 is 2.06 bits per heavy atom. The number of para-hydroxylation sites is 1. The molecule has 1 aliphatic heterocycles. The summed E-state index contributed by atoms with van der Waals surface area (Å²) in [6.07, 6.45) is 1.98. The van der Waals surface area contributed by atoms with E-state index in [0.717, 1.165) is 34.5 Å². The Morgan fingerprint density at radius 3 is 2.90 bits per heavy atom. The summed E-state index contributed by atoms with van der Waals surface area (Å²) in [6, 6.07) is 14.8. The predicted octanol–water partition coefficient (Wildman–Crippen LogP) is 5.12. The maximum atomic E-state index is 12.9. The molecule has 7 heteroatoms. The number of ether oxygens (including phenoxy) is 1. The molecular weight excluding hydrogens is 412 g/mol. The molecule has 2 aromatic carbocycles. The SMILES string of the molecule is CCCc1nc(-c2ccc3c(c2)N(CC(=O)c2cc4ccccc4o2)C(=O)CO3)cs1. The van der Waals surface area contributed by atoms with Crippen molar-refractivity contribution in [2.75, 3.05) is 18.1 Å². The van der Waals surface area contributed by atoms with Crippen LogP contribution in [0, 0.1) is 0 Å². The van der Waals surface area contributed by atoms with Crippen LogP contribution in [-0.4, -0.2) is 29.8 Å². The van der Waals surface area contributed by atoms with E-state index in [0.29, 0.717) is 17.0 Å². The first-order valence-electron chi connectivity index (χ1n) is 10.2. The molecule has 31 heavy (non-hydrogen) atoms. The van der Waals surface area contributed by atoms with Gasteiger partial charge in [0.05, 0.1) is 22.9 Å². The predicted molar refractivity (Wildman–Crippen MR) is 120 cm³/mol. The minimum atomic E-state index is -0.265. The van der Waals surface area contributed by atoms with Gasteiger partial charge in [0.1, 0.15) is 11.3 Å². The Labute approximate surface area is 183 Å². The van der Waals surface area contributed by atoms with Gasteiger partial charge in [0.25, 0.3) is 5.91 Å². The van der Waals surface area contributed by atoms with E-state index in [9.17, 15) is 9.59 Å². The van der Waals surface area contributed by atoms with E-state index < -0.39 is 0 Å². The summed E-state index contributed by atoms with van der Waals surface area (Å²) >= 11 is 1.63. The Kier molecular flexibility index (Phi) is 5.03. The van der Waals surface area contributed by atoms with Gasteiger partial charge in [-0.05, 0) is 43.2 Å². The van der Waals surface area contributed by atoms with Gasteiger partial charge >= 0.3 is 0 Å². The average Bonchev–Trinajstić information content (AvgIpc) is 3.43. The lowest BCUT2D eigenvalue weighted by atomic mass is 10.1. The quantitative estimate of drug-likeness (QED) is 0.396. The van der Waals surface area contributed by atoms with Crippen LogP contribution in [0.5, 0.6) is 5.75 Å². The number of Topliss-reactive ketones (excluding diaryl/α,β-unsaturated/α-hetero) is 1. The average molecular weight is 433 g/mol. The number of benzene rings is 2. The van der Waals surface area contributed by atoms with E-state index in [-0.39, 0.29) is 30.6 Å². The van der Waals surface area contributed by atoms with E-state index in [4.69, 9.17) is 9.15 Å². The first kappa shape index (κ1) is 19.5. The minimum absolute atomic E-state index is 0.100. The summed E-state index contributed by atoms with van der Waals surface area (Å²) in [7, 11) is 0. The van der Waals surface area contributed by atoms with Crippen molar-refractivity contribution in [2.24, 2.45) is 0 Å². The van der Waals surface area contributed by atoms with Crippen LogP contribution in [0.2, 0.25) is 0 Å². The molecule has 2 aromatic heterocycles. The number of furan rings is 1. The molecule has 0 N–H and O–H groups in total. The van der Waals surface area contributed by atoms with Crippen molar-refractivity contribution in [3.63, 3.8) is 0 Å². The number of nitrogens with zero attached hydrogens (tertiary/aromatic N) is 2. The normalized spacial score (nSPS) is 13.3. The standard InChI is InChI=1S/C24H20N2O4S/c1-2-5-23-25-17(14-31-23)15-8-9-21-18(10-15)26(24(28)13-29-21)12-19(27)22-11-16-6-3-4-7-20(16)30-22/h3-4,6-11,14H,2,5,12-13H2,1H3. The first-order chi connectivity index (χ1) is 15.1. The summed E-state index contributed by atoms with van der Waals surface area (Å²) in [5.41, 5.74) is 2.96. The molecule has 156 valence electrons. The van der Waals surface area contributed by atoms with Crippen molar-refractivity contribution in [3.8, 4) is 17.0 Å². The summed E-state index contributed by atoms with van der Waals surface area (Å²) in [6.45, 7) is 1.91. The smallest absolute Gasteiger partial charge is 0.265 e. The van der Waals surface area contributed by atoms with Gasteiger partial charge in [-0.3, -0.25) is 14.5 Å². The molecule has 1 amide bonds. The van der Waals surface area contributed by atoms with Gasteiger partial charge < -0.3 is 9.15 Å². The Morgan fingerprint density at radius 1 is 1.19 bits per heavy atom. The molecule has 0 aliphatic carbocycles. The lowest BCUT2D eigenvalue weighted by molar-refractivity contribution is -0.121. The second-order valence-electron chi connectivity index (χ2n) is 7.40. The number of fused-ring (bicyclic) bond motifs is 2. The highest BCUT2D eigenvalue weighted by molar-refractivity contribution is 7.09. The van der Waals surface area contributed by atoms with Gasteiger partial charge in [0.15, 0.2) is 12.4 Å². The van der Waals surface area contributed by atoms with Gasteiger partial charge in [-0.15, -0.1) is 11.3 Å². The molecule has 3 heterocycles. The van der Waals surface area contributed by atoms with Crippen LogP contribution in [0.1, 0.15) is 28.9 Å². The summed E-state index contributed by atoms with van der Waals surface area (Å²) in [5, 5.41) is 3.95. The highest BCUT2D eigenvalue weighted by Crippen LogP contribution is 2.36. The van der Waals surface area contributed by atoms with E-state index in [2.05, 4.69) is 11.9 Å². The molecule has 6 nitrogen and oxygen atoms in total. The molecule has 0 radical (unpaired) electrons. The number of thiazole rings is 1. The largest absolute Gasteiger partial charge is 0.482 e. The summed E-state index contributed by atoms with van der Waals surface area (Å²) in [4.78, 5) is 31.7. The fraction of sp³-hybridized carbons (Fsp3) is 0.208. The van der Waals surface area contributed by atoms with Gasteiger partial charge in [0, 0.05) is 16.3 Å². The highest BCUT2D eigenvalue weighted by Gasteiger charge is 2.29. The summed E-state index contributed by atoms with van der Waals surface area (Å²) in [5.74, 6) is 0.285. The van der Waals surface area contributed by atoms with Crippen molar-refractivity contribution in [1.82, 2.24) is 4.98 Å². The number of rotatable bonds is 6. The molecule has 0 fully saturated rings. The Balaban J connectivity index is 1.45. The molecule has 0 spiro atoms. The van der Waals surface area contributed by atoms with Crippen LogP contribution in [0.3, 0.4) is 0 Å². The number of hydrogen-bond donors (Lipinski definition) is 0. The number of anilines is 1. The topological polar surface area (TPSA) is 72.6 Å². The fourth-order valence-electron chi connectivity index (χ4n) is 3.65. The zero-order chi connectivity index (χ0) is 21.4. The molecule has 0 atom stereocenters. The van der Waals surface area contributed by atoms with E-state index in [1.165, 1.54) is 4.90 Å². The number of ketones is 1. The number of aromatic nitrogens is 1. The second-order valence-corrected chi connectivity index (χ2v) is 8.34. The zero-order valence-corrected chi connectivity index (χ0v) is 17.8. The first-order valence-corrected chi connectivity index (χ1v) is 11.0. The molecule has 1 aliphatic rings.